The van der Waals surface area contributed by atoms with Crippen LogP contribution in [0.5, 0.6) is 0 Å². The lowest BCUT2D eigenvalue weighted by Crippen LogP contribution is -2.25. The summed E-state index contributed by atoms with van der Waals surface area (Å²) < 4.78 is 5.94. The van der Waals surface area contributed by atoms with Crippen LogP contribution in [0.1, 0.15) is 27.2 Å². The maximum Gasteiger partial charge on any atom is 0.308 e. The van der Waals surface area contributed by atoms with Gasteiger partial charge in [0.15, 0.2) is 0 Å². The van der Waals surface area contributed by atoms with Crippen LogP contribution in [0.15, 0.2) is 16.6 Å². The minimum Gasteiger partial charge on any atom is -0.460 e. The summed E-state index contributed by atoms with van der Waals surface area (Å²) in [7, 11) is 0. The predicted molar refractivity (Wildman–Crippen MR) is 83.1 cm³/mol. The third-order valence-corrected chi connectivity index (χ3v) is 3.87. The largest absolute Gasteiger partial charge is 0.460 e. The predicted octanol–water partition coefficient (Wildman–Crippen LogP) is 4.90. The summed E-state index contributed by atoms with van der Waals surface area (Å²) >= 11 is 15.4. The molecule has 0 aromatic heterocycles. The number of halogens is 3. The lowest BCUT2D eigenvalue weighted by molar-refractivity contribution is -0.154. The van der Waals surface area contributed by atoms with E-state index in [1.165, 1.54) is 0 Å². The Hall–Kier alpha value is -0.450. The van der Waals surface area contributed by atoms with Crippen molar-refractivity contribution in [3.63, 3.8) is 0 Å². The molecule has 0 aliphatic rings. The van der Waals surface area contributed by atoms with Gasteiger partial charge in [-0.25, -0.2) is 0 Å². The molecule has 6 heteroatoms. The molecule has 0 spiro atoms. The first-order chi connectivity index (χ1) is 8.70. The van der Waals surface area contributed by atoms with Crippen molar-refractivity contribution >= 4 is 50.8 Å². The number of carbonyl (C=O) groups is 1. The van der Waals surface area contributed by atoms with Gasteiger partial charge < -0.3 is 10.1 Å². The van der Waals surface area contributed by atoms with Crippen molar-refractivity contribution in [3.05, 3.63) is 26.7 Å². The van der Waals surface area contributed by atoms with Gasteiger partial charge in [-0.15, -0.1) is 0 Å². The number of ether oxygens (including phenoxy) is 1. The molecule has 106 valence electrons. The van der Waals surface area contributed by atoms with Gasteiger partial charge in [0.2, 0.25) is 0 Å². The van der Waals surface area contributed by atoms with E-state index in [4.69, 9.17) is 27.9 Å². The quantitative estimate of drug-likeness (QED) is 0.606. The summed E-state index contributed by atoms with van der Waals surface area (Å²) in [5.41, 5.74) is 0.230. The maximum atomic E-state index is 11.5. The van der Waals surface area contributed by atoms with Crippen molar-refractivity contribution in [2.45, 2.75) is 32.8 Å². The second-order valence-electron chi connectivity index (χ2n) is 4.99. The van der Waals surface area contributed by atoms with Crippen molar-refractivity contribution in [2.75, 3.05) is 11.9 Å². The zero-order valence-corrected chi connectivity index (χ0v) is 14.1. The van der Waals surface area contributed by atoms with Crippen LogP contribution in [-0.4, -0.2) is 18.1 Å². The van der Waals surface area contributed by atoms with E-state index >= 15 is 0 Å². The van der Waals surface area contributed by atoms with Crippen LogP contribution in [-0.2, 0) is 9.53 Å². The van der Waals surface area contributed by atoms with E-state index in [0.29, 0.717) is 22.3 Å². The molecule has 1 aromatic carbocycles. The van der Waals surface area contributed by atoms with Crippen LogP contribution in [0.2, 0.25) is 10.0 Å². The molecule has 0 aliphatic carbocycles. The number of esters is 1. The van der Waals surface area contributed by atoms with Gasteiger partial charge in [0.1, 0.15) is 5.60 Å². The van der Waals surface area contributed by atoms with E-state index in [1.807, 2.05) is 20.8 Å². The number of benzene rings is 1. The van der Waals surface area contributed by atoms with Crippen molar-refractivity contribution in [1.82, 2.24) is 0 Å². The molecule has 0 saturated carbocycles. The topological polar surface area (TPSA) is 38.3 Å². The summed E-state index contributed by atoms with van der Waals surface area (Å²) in [6.07, 6.45) is 0.265. The Bertz CT molecular complexity index is 472. The number of nitrogens with one attached hydrogen (secondary N) is 1. The van der Waals surface area contributed by atoms with Gasteiger partial charge in [-0.05, 0) is 48.8 Å². The lowest BCUT2D eigenvalue weighted by atomic mass is 10.2. The van der Waals surface area contributed by atoms with Crippen LogP contribution in [0.4, 0.5) is 5.69 Å². The Labute approximate surface area is 131 Å². The van der Waals surface area contributed by atoms with Crippen molar-refractivity contribution < 1.29 is 9.53 Å². The highest BCUT2D eigenvalue weighted by molar-refractivity contribution is 9.10. The molecule has 0 aliphatic heterocycles. The summed E-state index contributed by atoms with van der Waals surface area (Å²) in [5.74, 6) is -0.251. The fourth-order valence-electron chi connectivity index (χ4n) is 1.35. The smallest absolute Gasteiger partial charge is 0.308 e. The summed E-state index contributed by atoms with van der Waals surface area (Å²) in [6.45, 7) is 5.95. The third-order valence-electron chi connectivity index (χ3n) is 2.10. The molecule has 1 aromatic rings. The van der Waals surface area contributed by atoms with E-state index in [2.05, 4.69) is 21.2 Å². The molecular weight excluding hydrogens is 353 g/mol. The molecule has 1 rings (SSSR count). The summed E-state index contributed by atoms with van der Waals surface area (Å²) in [6, 6.07) is 3.59. The second kappa shape index (κ2) is 6.82. The molecule has 3 nitrogen and oxygen atoms in total. The molecule has 0 atom stereocenters. The van der Waals surface area contributed by atoms with Gasteiger partial charge in [-0.2, -0.15) is 0 Å². The minimum atomic E-state index is -0.463. The zero-order valence-electron chi connectivity index (χ0n) is 11.0. The number of hydrogen-bond donors (Lipinski definition) is 1. The fraction of sp³-hybridized carbons (Fsp3) is 0.462. The van der Waals surface area contributed by atoms with E-state index in [0.717, 1.165) is 4.47 Å². The van der Waals surface area contributed by atoms with Crippen LogP contribution in [0.3, 0.4) is 0 Å². The number of hydrogen-bond acceptors (Lipinski definition) is 3. The standard InChI is InChI=1S/C13H16BrCl2NO2/c1-13(2,3)19-10(18)6-7-17-9-5-4-8(14)11(15)12(9)16/h4-5,17H,6-7H2,1-3H3. The normalized spacial score (nSPS) is 11.3. The third kappa shape index (κ3) is 5.59. The molecule has 0 bridgehead atoms. The number of rotatable bonds is 4. The monoisotopic (exact) mass is 367 g/mol. The average molecular weight is 369 g/mol. The Kier molecular flexibility index (Phi) is 5.96. The van der Waals surface area contributed by atoms with Gasteiger partial charge >= 0.3 is 5.97 Å². The first-order valence-electron chi connectivity index (χ1n) is 5.80. The molecule has 0 radical (unpaired) electrons. The van der Waals surface area contributed by atoms with Crippen LogP contribution >= 0.6 is 39.1 Å². The zero-order chi connectivity index (χ0) is 14.6. The Balaban J connectivity index is 2.50. The fourth-order valence-corrected chi connectivity index (χ4v) is 2.20. The van der Waals surface area contributed by atoms with E-state index in [-0.39, 0.29) is 12.4 Å². The number of anilines is 1. The van der Waals surface area contributed by atoms with Gasteiger partial charge in [0.05, 0.1) is 22.2 Å². The molecule has 0 heterocycles. The highest BCUT2D eigenvalue weighted by Gasteiger charge is 2.16. The van der Waals surface area contributed by atoms with Gasteiger partial charge in [-0.3, -0.25) is 4.79 Å². The Morgan fingerprint density at radius 1 is 1.32 bits per heavy atom. The molecule has 0 fully saturated rings. The van der Waals surface area contributed by atoms with E-state index in [9.17, 15) is 4.79 Å². The first kappa shape index (κ1) is 16.6. The van der Waals surface area contributed by atoms with Crippen LogP contribution < -0.4 is 5.32 Å². The lowest BCUT2D eigenvalue weighted by Gasteiger charge is -2.19. The summed E-state index contributed by atoms with van der Waals surface area (Å²) in [5, 5.41) is 3.94. The highest BCUT2D eigenvalue weighted by atomic mass is 79.9. The molecule has 19 heavy (non-hydrogen) atoms. The minimum absolute atomic E-state index is 0.251. The molecule has 1 N–H and O–H groups in total. The molecule has 0 unspecified atom stereocenters. The van der Waals surface area contributed by atoms with Gasteiger partial charge in [0.25, 0.3) is 0 Å². The van der Waals surface area contributed by atoms with E-state index in [1.54, 1.807) is 12.1 Å². The Morgan fingerprint density at radius 2 is 1.95 bits per heavy atom. The van der Waals surface area contributed by atoms with Gasteiger partial charge in [0, 0.05) is 11.0 Å². The maximum absolute atomic E-state index is 11.5. The molecule has 0 saturated heterocycles. The van der Waals surface area contributed by atoms with Crippen molar-refractivity contribution in [3.8, 4) is 0 Å². The first-order valence-corrected chi connectivity index (χ1v) is 7.35. The van der Waals surface area contributed by atoms with Crippen molar-refractivity contribution in [2.24, 2.45) is 0 Å². The van der Waals surface area contributed by atoms with Crippen molar-refractivity contribution in [1.29, 1.82) is 0 Å². The second-order valence-corrected chi connectivity index (χ2v) is 6.60. The number of carbonyl (C=O) groups excluding carboxylic acids is 1. The van der Waals surface area contributed by atoms with Crippen LogP contribution in [0, 0.1) is 0 Å². The molecule has 0 amide bonds. The summed E-state index contributed by atoms with van der Waals surface area (Å²) in [4.78, 5) is 11.5. The Morgan fingerprint density at radius 3 is 2.53 bits per heavy atom. The molecular formula is C13H16BrCl2NO2. The van der Waals surface area contributed by atoms with Gasteiger partial charge in [-0.1, -0.05) is 23.2 Å². The van der Waals surface area contributed by atoms with Crippen LogP contribution in [0.25, 0.3) is 0 Å². The van der Waals surface area contributed by atoms with E-state index < -0.39 is 5.60 Å². The SMILES string of the molecule is CC(C)(C)OC(=O)CCNc1ccc(Br)c(Cl)c1Cl. The average Bonchev–Trinajstić information content (AvgIpc) is 2.27. The highest BCUT2D eigenvalue weighted by Crippen LogP contribution is 2.35.